The van der Waals surface area contributed by atoms with Crippen LogP contribution in [-0.4, -0.2) is 36.0 Å². The molecule has 1 aliphatic heterocycles. The predicted molar refractivity (Wildman–Crippen MR) is 90.7 cm³/mol. The highest BCUT2D eigenvalue weighted by molar-refractivity contribution is 5.93. The molecule has 0 spiro atoms. The highest BCUT2D eigenvalue weighted by Crippen LogP contribution is 2.34. The summed E-state index contributed by atoms with van der Waals surface area (Å²) in [5.74, 6) is -0.211. The quantitative estimate of drug-likeness (QED) is 0.455. The lowest BCUT2D eigenvalue weighted by Gasteiger charge is -2.23. The van der Waals surface area contributed by atoms with Crippen molar-refractivity contribution in [3.8, 4) is 0 Å². The van der Waals surface area contributed by atoms with Gasteiger partial charge in [-0.2, -0.15) is 0 Å². The summed E-state index contributed by atoms with van der Waals surface area (Å²) >= 11 is 0. The second-order valence-corrected chi connectivity index (χ2v) is 6.30. The minimum atomic E-state index is -0.302. The van der Waals surface area contributed by atoms with Crippen molar-refractivity contribution in [3.63, 3.8) is 0 Å². The van der Waals surface area contributed by atoms with Gasteiger partial charge in [0.25, 0.3) is 0 Å². The summed E-state index contributed by atoms with van der Waals surface area (Å²) in [7, 11) is 0. The van der Waals surface area contributed by atoms with Gasteiger partial charge in [0.05, 0.1) is 0 Å². The highest BCUT2D eigenvalue weighted by Gasteiger charge is 2.37. The Kier molecular flexibility index (Phi) is 5.80. The normalized spacial score (nSPS) is 29.7. The maximum absolute atomic E-state index is 12.7. The third-order valence-corrected chi connectivity index (χ3v) is 4.78. The van der Waals surface area contributed by atoms with Gasteiger partial charge in [0, 0.05) is 30.2 Å². The molecule has 2 aliphatic rings. The van der Waals surface area contributed by atoms with Crippen LogP contribution in [0.3, 0.4) is 0 Å². The molecule has 1 fully saturated rings. The number of likely N-dealkylation sites (N-methyl/N-ethyl adjacent to an activating group) is 1. The molecule has 0 N–H and O–H groups in total. The van der Waals surface area contributed by atoms with Gasteiger partial charge in [0.15, 0.2) is 0 Å². The number of nitrogens with zero attached hydrogens (tertiary/aromatic N) is 1. The summed E-state index contributed by atoms with van der Waals surface area (Å²) in [5.41, 5.74) is 2.58. The van der Waals surface area contributed by atoms with Crippen LogP contribution in [0.1, 0.15) is 46.5 Å². The number of allylic oxidation sites excluding steroid dienone is 2. The van der Waals surface area contributed by atoms with Gasteiger partial charge in [-0.3, -0.25) is 4.79 Å². The Morgan fingerprint density at radius 1 is 1.35 bits per heavy atom. The fourth-order valence-electron chi connectivity index (χ4n) is 3.28. The Morgan fingerprint density at radius 3 is 2.70 bits per heavy atom. The van der Waals surface area contributed by atoms with Crippen molar-refractivity contribution in [1.82, 2.24) is 4.90 Å². The number of hydrogen-bond donors (Lipinski definition) is 0. The highest BCUT2D eigenvalue weighted by atomic mass is 16.5. The minimum absolute atomic E-state index is 0.0246. The summed E-state index contributed by atoms with van der Waals surface area (Å²) in [6.07, 6.45) is 7.00. The predicted octanol–water partition coefficient (Wildman–Crippen LogP) is 3.40. The first kappa shape index (κ1) is 17.5. The molecule has 4 nitrogen and oxygen atoms in total. The molecule has 126 valence electrons. The number of carbonyl (C=O) groups is 2. The molecule has 1 saturated heterocycles. The maximum Gasteiger partial charge on any atom is 0.334 e. The molecule has 0 bridgehead atoms. The third-order valence-electron chi connectivity index (χ3n) is 4.78. The average Bonchev–Trinajstić information content (AvgIpc) is 2.78. The van der Waals surface area contributed by atoms with E-state index in [9.17, 15) is 9.59 Å². The van der Waals surface area contributed by atoms with Gasteiger partial charge in [-0.05, 0) is 52.5 Å². The van der Waals surface area contributed by atoms with Gasteiger partial charge in [0.1, 0.15) is 6.10 Å². The molecule has 2 rings (SSSR count). The van der Waals surface area contributed by atoms with Crippen LogP contribution < -0.4 is 0 Å². The van der Waals surface area contributed by atoms with E-state index in [-0.39, 0.29) is 23.9 Å². The Hall–Kier alpha value is -1.84. The zero-order valence-corrected chi connectivity index (χ0v) is 14.4. The van der Waals surface area contributed by atoms with Crippen LogP contribution in [0.15, 0.2) is 35.5 Å². The Morgan fingerprint density at radius 2 is 2.04 bits per heavy atom. The molecule has 0 aromatic rings. The van der Waals surface area contributed by atoms with Crippen molar-refractivity contribution in [2.75, 3.05) is 13.1 Å². The van der Waals surface area contributed by atoms with Crippen molar-refractivity contribution in [1.29, 1.82) is 0 Å². The van der Waals surface area contributed by atoms with Crippen LogP contribution in [0, 0.1) is 5.92 Å². The number of amides is 1. The lowest BCUT2D eigenvalue weighted by atomic mass is 9.87. The number of rotatable bonds is 3. The van der Waals surface area contributed by atoms with Crippen LogP contribution in [0.5, 0.6) is 0 Å². The summed E-state index contributed by atoms with van der Waals surface area (Å²) in [4.78, 5) is 26.3. The molecular weight excluding hydrogens is 290 g/mol. The van der Waals surface area contributed by atoms with Gasteiger partial charge in [-0.15, -0.1) is 0 Å². The summed E-state index contributed by atoms with van der Waals surface area (Å²) in [6.45, 7) is 11.4. The monoisotopic (exact) mass is 317 g/mol. The molecular formula is C19H27NO3. The van der Waals surface area contributed by atoms with E-state index in [1.165, 1.54) is 5.57 Å². The molecule has 4 heteroatoms. The zero-order chi connectivity index (χ0) is 17.0. The molecule has 0 saturated carbocycles. The maximum atomic E-state index is 12.7. The molecule has 23 heavy (non-hydrogen) atoms. The molecule has 1 heterocycles. The molecule has 0 aromatic heterocycles. The summed E-state index contributed by atoms with van der Waals surface area (Å²) in [5, 5.41) is 0. The Bertz CT molecular complexity index is 555. The van der Waals surface area contributed by atoms with Gasteiger partial charge in [0.2, 0.25) is 5.91 Å². The molecule has 0 unspecified atom stereocenters. The third kappa shape index (κ3) is 3.92. The van der Waals surface area contributed by atoms with Gasteiger partial charge in [-0.25, -0.2) is 4.79 Å². The van der Waals surface area contributed by atoms with Crippen molar-refractivity contribution in [3.05, 3.63) is 35.5 Å². The molecule has 0 aromatic carbocycles. The molecule has 2 atom stereocenters. The Labute approximate surface area is 138 Å². The van der Waals surface area contributed by atoms with E-state index >= 15 is 0 Å². The van der Waals surface area contributed by atoms with Crippen LogP contribution in [-0.2, 0) is 14.3 Å². The van der Waals surface area contributed by atoms with E-state index in [1.807, 2.05) is 31.7 Å². The first-order valence-electron chi connectivity index (χ1n) is 8.53. The largest absolute Gasteiger partial charge is 0.454 e. The van der Waals surface area contributed by atoms with Crippen molar-refractivity contribution in [2.45, 2.75) is 52.6 Å². The fourth-order valence-corrected chi connectivity index (χ4v) is 3.28. The van der Waals surface area contributed by atoms with E-state index in [0.717, 1.165) is 24.8 Å². The standard InChI is InChI=1S/C19H27NO3/c1-5-20(6-2)18(21)15-9-7-8-13(3)12-17-16(11-10-15)14(4)19(22)23-17/h9,12,16-17H,4-8,10-11H2,1-3H3/b13-12+,15-9+/t16-,17+/m0/s1. The minimum Gasteiger partial charge on any atom is -0.454 e. The summed E-state index contributed by atoms with van der Waals surface area (Å²) < 4.78 is 5.44. The smallest absolute Gasteiger partial charge is 0.334 e. The number of fused-ring (bicyclic) bond motifs is 1. The molecule has 0 radical (unpaired) electrons. The lowest BCUT2D eigenvalue weighted by molar-refractivity contribution is -0.137. The Balaban J connectivity index is 2.22. The van der Waals surface area contributed by atoms with E-state index in [4.69, 9.17) is 4.74 Å². The van der Waals surface area contributed by atoms with E-state index in [0.29, 0.717) is 25.1 Å². The van der Waals surface area contributed by atoms with Crippen LogP contribution >= 0.6 is 0 Å². The molecule has 1 amide bonds. The SMILES string of the molecule is C=C1C(=O)O[C@@H]2/C=C(\C)CC/C=C(/C(=O)N(CC)CC)CC[C@@H]12. The summed E-state index contributed by atoms with van der Waals surface area (Å²) in [6, 6.07) is 0. The van der Waals surface area contributed by atoms with Crippen molar-refractivity contribution >= 4 is 11.9 Å². The first-order chi connectivity index (χ1) is 11.0. The topological polar surface area (TPSA) is 46.6 Å². The number of hydrogen-bond acceptors (Lipinski definition) is 3. The molecule has 1 aliphatic carbocycles. The van der Waals surface area contributed by atoms with Crippen molar-refractivity contribution in [2.24, 2.45) is 5.92 Å². The lowest BCUT2D eigenvalue weighted by Crippen LogP contribution is -2.32. The van der Waals surface area contributed by atoms with E-state index < -0.39 is 0 Å². The van der Waals surface area contributed by atoms with Gasteiger partial charge >= 0.3 is 5.97 Å². The fraction of sp³-hybridized carbons (Fsp3) is 0.579. The van der Waals surface area contributed by atoms with Crippen LogP contribution in [0.2, 0.25) is 0 Å². The average molecular weight is 317 g/mol. The number of ether oxygens (including phenoxy) is 1. The van der Waals surface area contributed by atoms with Gasteiger partial charge < -0.3 is 9.64 Å². The first-order valence-corrected chi connectivity index (χ1v) is 8.53. The second kappa shape index (κ2) is 7.62. The van der Waals surface area contributed by atoms with Crippen LogP contribution in [0.4, 0.5) is 0 Å². The van der Waals surface area contributed by atoms with E-state index in [1.54, 1.807) is 0 Å². The van der Waals surface area contributed by atoms with E-state index in [2.05, 4.69) is 12.7 Å². The number of esters is 1. The zero-order valence-electron chi connectivity index (χ0n) is 14.4. The van der Waals surface area contributed by atoms with Crippen molar-refractivity contribution < 1.29 is 14.3 Å². The van der Waals surface area contributed by atoms with Gasteiger partial charge in [-0.1, -0.05) is 18.2 Å². The van der Waals surface area contributed by atoms with Crippen LogP contribution in [0.25, 0.3) is 0 Å². The second-order valence-electron chi connectivity index (χ2n) is 6.30. The number of carbonyl (C=O) groups excluding carboxylic acids is 2.